The van der Waals surface area contributed by atoms with E-state index in [1.165, 1.54) is 18.7 Å². The molecule has 0 spiro atoms. The summed E-state index contributed by atoms with van der Waals surface area (Å²) in [5.41, 5.74) is 0. The van der Waals surface area contributed by atoms with Crippen LogP contribution < -0.4 is 15.4 Å². The molecule has 2 atom stereocenters. The number of urea groups is 1. The van der Waals surface area contributed by atoms with E-state index >= 15 is 0 Å². The molecule has 1 heterocycles. The van der Waals surface area contributed by atoms with E-state index in [1.807, 2.05) is 12.3 Å². The molecule has 1 aliphatic heterocycles. The minimum absolute atomic E-state index is 0.225. The number of rotatable bonds is 10. The van der Waals surface area contributed by atoms with E-state index < -0.39 is 36.0 Å². The lowest BCUT2D eigenvalue weighted by Crippen LogP contribution is -2.47. The van der Waals surface area contributed by atoms with E-state index in [0.717, 1.165) is 4.90 Å². The van der Waals surface area contributed by atoms with Gasteiger partial charge in [0.15, 0.2) is 12.7 Å². The van der Waals surface area contributed by atoms with Crippen molar-refractivity contribution in [1.82, 2.24) is 15.5 Å². The van der Waals surface area contributed by atoms with Crippen LogP contribution >= 0.6 is 11.8 Å². The highest BCUT2D eigenvalue weighted by atomic mass is 32.2. The Morgan fingerprint density at radius 2 is 2.00 bits per heavy atom. The smallest absolute Gasteiger partial charge is 0.329 e. The molecule has 2 rings (SSSR count). The second-order valence-corrected chi connectivity index (χ2v) is 7.29. The zero-order chi connectivity index (χ0) is 21.2. The topological polar surface area (TPSA) is 114 Å². The quantitative estimate of drug-likeness (QED) is 0.535. The highest BCUT2D eigenvalue weighted by Crippen LogP contribution is 2.10. The number of ether oxygens (including phenoxy) is 2. The second-order valence-electron chi connectivity index (χ2n) is 6.30. The lowest BCUT2D eigenvalue weighted by molar-refractivity contribution is -0.160. The number of para-hydroxylation sites is 1. The van der Waals surface area contributed by atoms with Crippen LogP contribution in [0.25, 0.3) is 0 Å². The van der Waals surface area contributed by atoms with E-state index in [-0.39, 0.29) is 13.2 Å². The Hall–Kier alpha value is -2.75. The molecule has 4 amide bonds. The molecule has 1 aliphatic rings. The molecule has 0 unspecified atom stereocenters. The summed E-state index contributed by atoms with van der Waals surface area (Å²) in [7, 11) is 0. The van der Waals surface area contributed by atoms with E-state index in [1.54, 1.807) is 24.3 Å². The van der Waals surface area contributed by atoms with Gasteiger partial charge in [-0.15, -0.1) is 0 Å². The van der Waals surface area contributed by atoms with Crippen molar-refractivity contribution in [3.8, 4) is 5.75 Å². The number of carbonyl (C=O) groups excluding carboxylic acids is 4. The molecule has 158 valence electrons. The molecule has 29 heavy (non-hydrogen) atoms. The fourth-order valence-corrected chi connectivity index (χ4v) is 3.07. The number of hydrogen-bond donors (Lipinski definition) is 2. The van der Waals surface area contributed by atoms with E-state index in [2.05, 4.69) is 10.6 Å². The number of amides is 4. The van der Waals surface area contributed by atoms with Crippen LogP contribution in [0, 0.1) is 0 Å². The minimum Gasteiger partial charge on any atom is -0.484 e. The highest BCUT2D eigenvalue weighted by Gasteiger charge is 2.33. The van der Waals surface area contributed by atoms with Crippen molar-refractivity contribution in [2.24, 2.45) is 0 Å². The van der Waals surface area contributed by atoms with Crippen molar-refractivity contribution in [1.29, 1.82) is 0 Å². The maximum absolute atomic E-state index is 12.5. The van der Waals surface area contributed by atoms with E-state index in [0.29, 0.717) is 24.5 Å². The predicted octanol–water partition coefficient (Wildman–Crippen LogP) is 0.787. The molecule has 1 aromatic carbocycles. The van der Waals surface area contributed by atoms with Crippen molar-refractivity contribution in [2.45, 2.75) is 25.5 Å². The van der Waals surface area contributed by atoms with Gasteiger partial charge in [-0.2, -0.15) is 11.8 Å². The second kappa shape index (κ2) is 11.3. The van der Waals surface area contributed by atoms with Gasteiger partial charge in [0.25, 0.3) is 11.8 Å². The van der Waals surface area contributed by atoms with Crippen molar-refractivity contribution in [2.75, 3.05) is 31.7 Å². The molecule has 0 saturated carbocycles. The Morgan fingerprint density at radius 1 is 1.28 bits per heavy atom. The first-order valence-corrected chi connectivity index (χ1v) is 10.6. The lowest BCUT2D eigenvalue weighted by Gasteiger charge is -2.22. The van der Waals surface area contributed by atoms with E-state index in [9.17, 15) is 19.2 Å². The first-order valence-electron chi connectivity index (χ1n) is 9.18. The highest BCUT2D eigenvalue weighted by molar-refractivity contribution is 7.98. The molecule has 9 nitrogen and oxygen atoms in total. The lowest BCUT2D eigenvalue weighted by atomic mass is 10.2. The predicted molar refractivity (Wildman–Crippen MR) is 108 cm³/mol. The number of esters is 1. The molecule has 10 heteroatoms. The average Bonchev–Trinajstić information content (AvgIpc) is 3.15. The largest absolute Gasteiger partial charge is 0.484 e. The maximum Gasteiger partial charge on any atom is 0.329 e. The third kappa shape index (κ3) is 6.97. The van der Waals surface area contributed by atoms with Gasteiger partial charge >= 0.3 is 12.0 Å². The summed E-state index contributed by atoms with van der Waals surface area (Å²) < 4.78 is 10.6. The Labute approximate surface area is 173 Å². The minimum atomic E-state index is -1.14. The summed E-state index contributed by atoms with van der Waals surface area (Å²) in [6, 6.07) is 7.40. The van der Waals surface area contributed by atoms with Crippen molar-refractivity contribution < 1.29 is 28.7 Å². The third-order valence-electron chi connectivity index (χ3n) is 4.11. The van der Waals surface area contributed by atoms with Gasteiger partial charge in [0.2, 0.25) is 0 Å². The Morgan fingerprint density at radius 3 is 2.62 bits per heavy atom. The summed E-state index contributed by atoms with van der Waals surface area (Å²) in [6.45, 7) is 1.73. The summed E-state index contributed by atoms with van der Waals surface area (Å²) in [4.78, 5) is 49.6. The molecule has 0 bridgehead atoms. The van der Waals surface area contributed by atoms with Crippen LogP contribution in [0.2, 0.25) is 0 Å². The number of benzene rings is 1. The van der Waals surface area contributed by atoms with Crippen LogP contribution in [-0.4, -0.2) is 72.6 Å². The summed E-state index contributed by atoms with van der Waals surface area (Å²) in [5, 5.41) is 5.10. The number of nitrogens with one attached hydrogen (secondary N) is 2. The van der Waals surface area contributed by atoms with Crippen LogP contribution in [-0.2, 0) is 19.1 Å². The van der Waals surface area contributed by atoms with Gasteiger partial charge in [-0.3, -0.25) is 14.5 Å². The number of hydrogen-bond acceptors (Lipinski definition) is 7. The van der Waals surface area contributed by atoms with Crippen LogP contribution in [0.5, 0.6) is 5.75 Å². The standard InChI is InChI=1S/C19H25N3O6S/c1-13(17(24)22-10-9-20-19(22)26)28-18(25)15(8-11-29-2)21-16(23)12-27-14-6-4-3-5-7-14/h3-7,13,15H,8-12H2,1-2H3,(H,20,26)(H,21,23)/t13-,15-/m1/s1. The molecule has 0 aromatic heterocycles. The molecule has 0 aliphatic carbocycles. The Kier molecular flexibility index (Phi) is 8.78. The third-order valence-corrected chi connectivity index (χ3v) is 4.75. The first-order chi connectivity index (χ1) is 13.9. The van der Waals surface area contributed by atoms with Gasteiger partial charge in [0.05, 0.1) is 0 Å². The van der Waals surface area contributed by atoms with Gasteiger partial charge in [0.1, 0.15) is 11.8 Å². The van der Waals surface area contributed by atoms with Crippen molar-refractivity contribution >= 4 is 35.6 Å². The molecule has 2 N–H and O–H groups in total. The normalized spacial score (nSPS) is 15.2. The van der Waals surface area contributed by atoms with Gasteiger partial charge < -0.3 is 20.1 Å². The fraction of sp³-hybridized carbons (Fsp3) is 0.474. The number of imide groups is 1. The SMILES string of the molecule is CSCC[C@@H](NC(=O)COc1ccccc1)C(=O)O[C@H](C)C(=O)N1CCNC1=O. The molecule has 1 fully saturated rings. The van der Waals surface area contributed by atoms with Crippen LogP contribution in [0.1, 0.15) is 13.3 Å². The monoisotopic (exact) mass is 423 g/mol. The van der Waals surface area contributed by atoms with Gasteiger partial charge in [-0.25, -0.2) is 9.59 Å². The summed E-state index contributed by atoms with van der Waals surface area (Å²) >= 11 is 1.51. The molecular formula is C19H25N3O6S. The van der Waals surface area contributed by atoms with Crippen molar-refractivity contribution in [3.63, 3.8) is 0 Å². The van der Waals surface area contributed by atoms with Gasteiger partial charge in [-0.1, -0.05) is 18.2 Å². The first kappa shape index (κ1) is 22.5. The molecular weight excluding hydrogens is 398 g/mol. The molecule has 1 aromatic rings. The zero-order valence-electron chi connectivity index (χ0n) is 16.4. The summed E-state index contributed by atoms with van der Waals surface area (Å²) in [6.07, 6.45) is 1.07. The van der Waals surface area contributed by atoms with Crippen LogP contribution in [0.15, 0.2) is 30.3 Å². The average molecular weight is 423 g/mol. The summed E-state index contributed by atoms with van der Waals surface area (Å²) in [5.74, 6) is -0.664. The van der Waals surface area contributed by atoms with Gasteiger partial charge in [0, 0.05) is 13.1 Å². The molecule has 0 radical (unpaired) electrons. The van der Waals surface area contributed by atoms with Crippen molar-refractivity contribution in [3.05, 3.63) is 30.3 Å². The Balaban J connectivity index is 1.89. The molecule has 1 saturated heterocycles. The van der Waals surface area contributed by atoms with Gasteiger partial charge in [-0.05, 0) is 37.5 Å². The maximum atomic E-state index is 12.5. The van der Waals surface area contributed by atoms with E-state index in [4.69, 9.17) is 9.47 Å². The fourth-order valence-electron chi connectivity index (χ4n) is 2.59. The Bertz CT molecular complexity index is 730. The zero-order valence-corrected chi connectivity index (χ0v) is 17.2. The number of nitrogens with zero attached hydrogens (tertiary/aromatic N) is 1. The van der Waals surface area contributed by atoms with Crippen LogP contribution in [0.3, 0.4) is 0 Å². The number of thioether (sulfide) groups is 1. The number of carbonyl (C=O) groups is 4. The van der Waals surface area contributed by atoms with Crippen LogP contribution in [0.4, 0.5) is 4.79 Å².